The molecule has 1 amide bonds. The van der Waals surface area contributed by atoms with Gasteiger partial charge in [0, 0.05) is 17.1 Å². The molecular formula is C29H24ClF6N3O2. The van der Waals surface area contributed by atoms with E-state index >= 15 is 0 Å². The topological polar surface area (TPSA) is 55.2 Å². The smallest absolute Gasteiger partial charge is 0.329 e. The van der Waals surface area contributed by atoms with Crippen molar-refractivity contribution in [3.8, 4) is 5.69 Å². The summed E-state index contributed by atoms with van der Waals surface area (Å²) in [5.41, 5.74) is -2.95. The molecule has 0 aliphatic rings. The number of amides is 1. The molecule has 0 saturated heterocycles. The van der Waals surface area contributed by atoms with E-state index in [9.17, 15) is 35.9 Å². The van der Waals surface area contributed by atoms with Gasteiger partial charge in [0.2, 0.25) is 0 Å². The van der Waals surface area contributed by atoms with E-state index in [1.54, 1.807) is 31.2 Å². The lowest BCUT2D eigenvalue weighted by molar-refractivity contribution is -0.143. The average molecular weight is 596 g/mol. The van der Waals surface area contributed by atoms with Crippen LogP contribution in [0.25, 0.3) is 16.6 Å². The molecule has 0 radical (unpaired) electrons. The second-order valence-corrected chi connectivity index (χ2v) is 10.0. The first-order chi connectivity index (χ1) is 19.1. The maximum absolute atomic E-state index is 13.7. The van der Waals surface area contributed by atoms with Crippen molar-refractivity contribution in [2.24, 2.45) is 0 Å². The summed E-state index contributed by atoms with van der Waals surface area (Å²) in [5, 5.41) is 0.521. The molecule has 4 rings (SSSR count). The highest BCUT2D eigenvalue weighted by Gasteiger charge is 2.38. The molecule has 12 heteroatoms. The van der Waals surface area contributed by atoms with E-state index in [1.165, 1.54) is 29.7 Å². The van der Waals surface area contributed by atoms with Crippen LogP contribution in [0.5, 0.6) is 0 Å². The van der Waals surface area contributed by atoms with Gasteiger partial charge in [0.1, 0.15) is 5.82 Å². The van der Waals surface area contributed by atoms with E-state index in [0.29, 0.717) is 29.3 Å². The predicted octanol–water partition coefficient (Wildman–Crippen LogP) is 8.00. The van der Waals surface area contributed by atoms with Crippen LogP contribution < -0.4 is 5.56 Å². The number of rotatable bonds is 6. The molecule has 4 aromatic rings. The van der Waals surface area contributed by atoms with Crippen LogP contribution in [-0.2, 0) is 12.4 Å². The third-order valence-corrected chi connectivity index (χ3v) is 6.79. The second kappa shape index (κ2) is 11.2. The minimum absolute atomic E-state index is 0.0337. The summed E-state index contributed by atoms with van der Waals surface area (Å²) in [6.07, 6.45) is -9.93. The molecule has 0 saturated carbocycles. The standard InChI is InChI=1S/C29H24ClF6N3O2/c1-4-11-38(26(40)18-12-19(28(31,32)33)14-20(13-18)29(34,35)36)17(3)25-37-24-15-21(30)7-10-23(24)27(41)39(25)22-8-5-16(2)6-9-22/h5-10,12-15,17H,4,11H2,1-3H3. The fourth-order valence-electron chi connectivity index (χ4n) is 4.50. The Morgan fingerprint density at radius 2 is 1.54 bits per heavy atom. The number of fused-ring (bicyclic) bond motifs is 1. The van der Waals surface area contributed by atoms with Crippen LogP contribution in [0.1, 0.15) is 59.2 Å². The van der Waals surface area contributed by atoms with Gasteiger partial charge in [-0.2, -0.15) is 26.3 Å². The van der Waals surface area contributed by atoms with E-state index < -0.39 is 46.6 Å². The van der Waals surface area contributed by atoms with Gasteiger partial charge in [0.05, 0.1) is 33.8 Å². The van der Waals surface area contributed by atoms with Crippen molar-refractivity contribution < 1.29 is 31.1 Å². The number of aryl methyl sites for hydroxylation is 1. The lowest BCUT2D eigenvalue weighted by Crippen LogP contribution is -2.38. The molecule has 0 aliphatic heterocycles. The number of hydrogen-bond acceptors (Lipinski definition) is 3. The Morgan fingerprint density at radius 1 is 0.951 bits per heavy atom. The molecule has 1 aromatic heterocycles. The molecule has 1 atom stereocenters. The van der Waals surface area contributed by atoms with Crippen LogP contribution in [0.15, 0.2) is 65.5 Å². The van der Waals surface area contributed by atoms with E-state index in [2.05, 4.69) is 4.98 Å². The van der Waals surface area contributed by atoms with Gasteiger partial charge in [-0.1, -0.05) is 36.2 Å². The van der Waals surface area contributed by atoms with E-state index in [0.717, 1.165) is 10.5 Å². The Bertz CT molecular complexity index is 1630. The molecule has 216 valence electrons. The average Bonchev–Trinajstić information content (AvgIpc) is 2.90. The molecule has 1 heterocycles. The van der Waals surface area contributed by atoms with E-state index in [-0.39, 0.29) is 29.3 Å². The zero-order chi connectivity index (χ0) is 30.3. The normalized spacial score (nSPS) is 12.9. The zero-order valence-corrected chi connectivity index (χ0v) is 22.8. The summed E-state index contributed by atoms with van der Waals surface area (Å²) in [5.74, 6) is -1.02. The number of benzene rings is 3. The van der Waals surface area contributed by atoms with Crippen LogP contribution in [0.3, 0.4) is 0 Å². The number of aromatic nitrogens is 2. The van der Waals surface area contributed by atoms with Crippen LogP contribution in [0.2, 0.25) is 5.02 Å². The number of hydrogen-bond donors (Lipinski definition) is 0. The largest absolute Gasteiger partial charge is 0.416 e. The van der Waals surface area contributed by atoms with Crippen LogP contribution in [0, 0.1) is 6.92 Å². The molecule has 5 nitrogen and oxygen atoms in total. The van der Waals surface area contributed by atoms with Gasteiger partial charge < -0.3 is 4.90 Å². The lowest BCUT2D eigenvalue weighted by Gasteiger charge is -2.31. The van der Waals surface area contributed by atoms with Crippen LogP contribution >= 0.6 is 11.6 Å². The van der Waals surface area contributed by atoms with Gasteiger partial charge in [-0.3, -0.25) is 14.2 Å². The summed E-state index contributed by atoms with van der Waals surface area (Å²) in [7, 11) is 0. The van der Waals surface area contributed by atoms with Gasteiger partial charge in [-0.05, 0) is 68.8 Å². The molecule has 3 aromatic carbocycles. The summed E-state index contributed by atoms with van der Waals surface area (Å²) in [4.78, 5) is 33.1. The first-order valence-corrected chi connectivity index (χ1v) is 12.9. The first kappa shape index (κ1) is 30.1. The van der Waals surface area contributed by atoms with E-state index in [1.807, 2.05) is 6.92 Å². The van der Waals surface area contributed by atoms with Crippen LogP contribution in [0.4, 0.5) is 26.3 Å². The Kier molecular flexibility index (Phi) is 8.22. The molecule has 0 aliphatic carbocycles. The Morgan fingerprint density at radius 3 is 2.07 bits per heavy atom. The quantitative estimate of drug-likeness (QED) is 0.212. The highest BCUT2D eigenvalue weighted by Crippen LogP contribution is 2.37. The minimum atomic E-state index is -5.12. The number of carbonyl (C=O) groups is 1. The Hall–Kier alpha value is -3.86. The fourth-order valence-corrected chi connectivity index (χ4v) is 4.66. The lowest BCUT2D eigenvalue weighted by atomic mass is 10.0. The number of nitrogens with zero attached hydrogens (tertiary/aromatic N) is 3. The second-order valence-electron chi connectivity index (χ2n) is 9.58. The van der Waals surface area contributed by atoms with Crippen molar-refractivity contribution in [1.82, 2.24) is 14.5 Å². The molecule has 41 heavy (non-hydrogen) atoms. The number of alkyl halides is 6. The fraction of sp³-hybridized carbons (Fsp3) is 0.276. The molecule has 1 unspecified atom stereocenters. The molecular weight excluding hydrogens is 572 g/mol. The van der Waals surface area contributed by atoms with Crippen LogP contribution in [-0.4, -0.2) is 26.9 Å². The van der Waals surface area contributed by atoms with Crippen molar-refractivity contribution in [2.45, 2.75) is 45.6 Å². The monoisotopic (exact) mass is 595 g/mol. The maximum Gasteiger partial charge on any atom is 0.416 e. The maximum atomic E-state index is 13.7. The van der Waals surface area contributed by atoms with Crippen molar-refractivity contribution in [3.63, 3.8) is 0 Å². The van der Waals surface area contributed by atoms with Crippen molar-refractivity contribution >= 4 is 28.4 Å². The molecule has 0 fully saturated rings. The SMILES string of the molecule is CCCN(C(=O)c1cc(C(F)(F)F)cc(C(F)(F)F)c1)C(C)c1nc2cc(Cl)ccc2c(=O)n1-c1ccc(C)cc1. The molecule has 0 bridgehead atoms. The highest BCUT2D eigenvalue weighted by atomic mass is 35.5. The molecule has 0 spiro atoms. The Balaban J connectivity index is 1.93. The summed E-state index contributed by atoms with van der Waals surface area (Å²) >= 11 is 6.13. The van der Waals surface area contributed by atoms with Gasteiger partial charge >= 0.3 is 12.4 Å². The van der Waals surface area contributed by atoms with Crippen molar-refractivity contribution in [1.29, 1.82) is 0 Å². The summed E-state index contributed by atoms with van der Waals surface area (Å²) in [6.45, 7) is 5.01. The number of carbonyl (C=O) groups excluding carboxylic acids is 1. The minimum Gasteiger partial charge on any atom is -0.329 e. The summed E-state index contributed by atoms with van der Waals surface area (Å²) in [6, 6.07) is 11.1. The van der Waals surface area contributed by atoms with Gasteiger partial charge in [-0.15, -0.1) is 0 Å². The summed E-state index contributed by atoms with van der Waals surface area (Å²) < 4.78 is 82.4. The number of halogens is 7. The third kappa shape index (κ3) is 6.24. The predicted molar refractivity (Wildman–Crippen MR) is 143 cm³/mol. The van der Waals surface area contributed by atoms with Gasteiger partial charge in [0.25, 0.3) is 11.5 Å². The van der Waals surface area contributed by atoms with Gasteiger partial charge in [-0.25, -0.2) is 4.98 Å². The molecule has 0 N–H and O–H groups in total. The zero-order valence-electron chi connectivity index (χ0n) is 22.1. The Labute approximate surface area is 236 Å². The third-order valence-electron chi connectivity index (χ3n) is 6.55. The first-order valence-electron chi connectivity index (χ1n) is 12.5. The van der Waals surface area contributed by atoms with Gasteiger partial charge in [0.15, 0.2) is 0 Å². The highest BCUT2D eigenvalue weighted by molar-refractivity contribution is 6.31. The van der Waals surface area contributed by atoms with E-state index in [4.69, 9.17) is 11.6 Å². The van der Waals surface area contributed by atoms with Crippen molar-refractivity contribution in [3.05, 3.63) is 104 Å². The van der Waals surface area contributed by atoms with Crippen molar-refractivity contribution in [2.75, 3.05) is 6.54 Å².